The van der Waals surface area contributed by atoms with E-state index in [4.69, 9.17) is 9.47 Å². The zero-order valence-corrected chi connectivity index (χ0v) is 14.5. The molecule has 1 amide bonds. The molecule has 7 heteroatoms. The van der Waals surface area contributed by atoms with Gasteiger partial charge in [-0.15, -0.1) is 0 Å². The van der Waals surface area contributed by atoms with E-state index in [0.29, 0.717) is 36.8 Å². The van der Waals surface area contributed by atoms with Crippen molar-refractivity contribution in [2.75, 3.05) is 11.9 Å². The van der Waals surface area contributed by atoms with Crippen LogP contribution in [0.25, 0.3) is 0 Å². The molecule has 7 nitrogen and oxygen atoms in total. The second-order valence-electron chi connectivity index (χ2n) is 5.46. The summed E-state index contributed by atoms with van der Waals surface area (Å²) in [4.78, 5) is 16.0. The lowest BCUT2D eigenvalue weighted by molar-refractivity contribution is -0.116. The molecule has 0 unspecified atom stereocenters. The number of benzene rings is 2. The van der Waals surface area contributed by atoms with Crippen molar-refractivity contribution in [2.24, 2.45) is 0 Å². The number of carbonyl (C=O) groups is 1. The van der Waals surface area contributed by atoms with Gasteiger partial charge in [-0.05, 0) is 43.3 Å². The van der Waals surface area contributed by atoms with Crippen LogP contribution >= 0.6 is 0 Å². The Hall–Kier alpha value is -3.35. The van der Waals surface area contributed by atoms with Crippen molar-refractivity contribution in [2.45, 2.75) is 19.9 Å². The number of hydrogen-bond acceptors (Lipinski definition) is 5. The number of aromatic nitrogens is 3. The van der Waals surface area contributed by atoms with E-state index in [1.807, 2.05) is 49.4 Å². The van der Waals surface area contributed by atoms with Crippen LogP contribution in [0.3, 0.4) is 0 Å². The van der Waals surface area contributed by atoms with Crippen LogP contribution in [0.2, 0.25) is 0 Å². The van der Waals surface area contributed by atoms with Gasteiger partial charge in [0, 0.05) is 6.42 Å². The molecule has 1 heterocycles. The molecule has 0 bridgehead atoms. The molecule has 3 aromatic rings. The molecular formula is C19H20N4O3. The van der Waals surface area contributed by atoms with Gasteiger partial charge in [-0.2, -0.15) is 5.10 Å². The minimum absolute atomic E-state index is 0.122. The summed E-state index contributed by atoms with van der Waals surface area (Å²) in [5, 5.41) is 6.85. The number of aryl methyl sites for hydroxylation is 1. The smallest absolute Gasteiger partial charge is 0.226 e. The molecule has 0 aliphatic carbocycles. The number of rotatable bonds is 8. The van der Waals surface area contributed by atoms with Gasteiger partial charge in [0.25, 0.3) is 0 Å². The molecule has 0 fully saturated rings. The first-order chi connectivity index (χ1) is 12.7. The number of ether oxygens (including phenoxy) is 2. The van der Waals surface area contributed by atoms with E-state index in [0.717, 1.165) is 5.75 Å². The fourth-order valence-corrected chi connectivity index (χ4v) is 2.33. The Kier molecular flexibility index (Phi) is 5.82. The lowest BCUT2D eigenvalue weighted by atomic mass is 10.2. The van der Waals surface area contributed by atoms with Gasteiger partial charge < -0.3 is 14.8 Å². The van der Waals surface area contributed by atoms with Crippen molar-refractivity contribution >= 4 is 11.6 Å². The Labute approximate surface area is 151 Å². The predicted octanol–water partition coefficient (Wildman–Crippen LogP) is 3.50. The van der Waals surface area contributed by atoms with Gasteiger partial charge in [0.1, 0.15) is 24.2 Å². The molecule has 0 spiro atoms. The van der Waals surface area contributed by atoms with Crippen LogP contribution in [0, 0.1) is 0 Å². The molecule has 0 atom stereocenters. The van der Waals surface area contributed by atoms with Crippen LogP contribution in [-0.4, -0.2) is 27.3 Å². The van der Waals surface area contributed by atoms with Crippen molar-refractivity contribution < 1.29 is 14.3 Å². The fourth-order valence-electron chi connectivity index (χ4n) is 2.33. The molecule has 0 aliphatic heterocycles. The number of nitrogens with one attached hydrogen (secondary N) is 1. The number of nitrogens with zero attached hydrogens (tertiary/aromatic N) is 3. The first-order valence-corrected chi connectivity index (χ1v) is 8.36. The van der Waals surface area contributed by atoms with Gasteiger partial charge in [-0.25, -0.2) is 4.98 Å². The van der Waals surface area contributed by atoms with Gasteiger partial charge >= 0.3 is 0 Å². The normalized spacial score (nSPS) is 10.3. The third-order valence-electron chi connectivity index (χ3n) is 3.56. The van der Waals surface area contributed by atoms with Gasteiger partial charge in [0.15, 0.2) is 5.75 Å². The van der Waals surface area contributed by atoms with Crippen LogP contribution < -0.4 is 14.8 Å². The van der Waals surface area contributed by atoms with Crippen LogP contribution in [0.15, 0.2) is 61.2 Å². The van der Waals surface area contributed by atoms with Crippen LogP contribution in [0.1, 0.15) is 13.3 Å². The number of para-hydroxylation sites is 2. The maximum Gasteiger partial charge on any atom is 0.226 e. The molecule has 0 saturated heterocycles. The summed E-state index contributed by atoms with van der Waals surface area (Å²) in [6.45, 7) is 3.02. The number of hydrogen-bond donors (Lipinski definition) is 1. The Bertz CT molecular complexity index is 832. The SMILES string of the molecule is CCOc1ccc(Oc2ccccc2NC(=O)CCn2cncn2)cc1. The number of carbonyl (C=O) groups excluding carboxylic acids is 1. The zero-order valence-electron chi connectivity index (χ0n) is 14.5. The lowest BCUT2D eigenvalue weighted by Gasteiger charge is -2.12. The van der Waals surface area contributed by atoms with E-state index in [9.17, 15) is 4.79 Å². The van der Waals surface area contributed by atoms with Crippen molar-refractivity contribution in [1.29, 1.82) is 0 Å². The van der Waals surface area contributed by atoms with Gasteiger partial charge in [-0.3, -0.25) is 9.48 Å². The highest BCUT2D eigenvalue weighted by atomic mass is 16.5. The molecule has 3 rings (SSSR count). The highest BCUT2D eigenvalue weighted by Gasteiger charge is 2.09. The number of anilines is 1. The Morgan fingerprint density at radius 2 is 1.88 bits per heavy atom. The van der Waals surface area contributed by atoms with E-state index in [2.05, 4.69) is 15.4 Å². The topological polar surface area (TPSA) is 78.3 Å². The Morgan fingerprint density at radius 3 is 2.62 bits per heavy atom. The lowest BCUT2D eigenvalue weighted by Crippen LogP contribution is -2.15. The first kappa shape index (κ1) is 17.5. The summed E-state index contributed by atoms with van der Waals surface area (Å²) in [5.74, 6) is 1.90. The molecule has 1 aromatic heterocycles. The van der Waals surface area contributed by atoms with Gasteiger partial charge in [0.2, 0.25) is 5.91 Å². The molecule has 0 saturated carbocycles. The minimum Gasteiger partial charge on any atom is -0.494 e. The standard InChI is InChI=1S/C19H20N4O3/c1-2-25-15-7-9-16(10-8-15)26-18-6-4-3-5-17(18)22-19(24)11-12-23-14-20-13-21-23/h3-10,13-14H,2,11-12H2,1H3,(H,22,24). The maximum absolute atomic E-state index is 12.2. The van der Waals surface area contributed by atoms with Crippen LogP contribution in [0.4, 0.5) is 5.69 Å². The molecule has 134 valence electrons. The molecule has 1 N–H and O–H groups in total. The Balaban J connectivity index is 1.62. The average Bonchev–Trinajstić information content (AvgIpc) is 3.17. The minimum atomic E-state index is -0.122. The van der Waals surface area contributed by atoms with Crippen LogP contribution in [0.5, 0.6) is 17.2 Å². The number of amides is 1. The Morgan fingerprint density at radius 1 is 1.12 bits per heavy atom. The average molecular weight is 352 g/mol. The third-order valence-corrected chi connectivity index (χ3v) is 3.56. The molecule has 26 heavy (non-hydrogen) atoms. The fraction of sp³-hybridized carbons (Fsp3) is 0.211. The highest BCUT2D eigenvalue weighted by Crippen LogP contribution is 2.30. The monoisotopic (exact) mass is 352 g/mol. The van der Waals surface area contributed by atoms with Crippen LogP contribution in [-0.2, 0) is 11.3 Å². The maximum atomic E-state index is 12.2. The summed E-state index contributed by atoms with van der Waals surface area (Å²) in [5.41, 5.74) is 0.616. The second-order valence-corrected chi connectivity index (χ2v) is 5.46. The van der Waals surface area contributed by atoms with Crippen molar-refractivity contribution in [3.05, 3.63) is 61.2 Å². The highest BCUT2D eigenvalue weighted by molar-refractivity contribution is 5.92. The molecule has 0 aliphatic rings. The van der Waals surface area contributed by atoms with E-state index >= 15 is 0 Å². The summed E-state index contributed by atoms with van der Waals surface area (Å²) < 4.78 is 12.9. The van der Waals surface area contributed by atoms with E-state index < -0.39 is 0 Å². The summed E-state index contributed by atoms with van der Waals surface area (Å²) in [6.07, 6.45) is 3.31. The van der Waals surface area contributed by atoms with E-state index in [1.165, 1.54) is 6.33 Å². The first-order valence-electron chi connectivity index (χ1n) is 8.36. The summed E-state index contributed by atoms with van der Waals surface area (Å²) >= 11 is 0. The third kappa shape index (κ3) is 4.83. The molecule has 2 aromatic carbocycles. The van der Waals surface area contributed by atoms with Crippen molar-refractivity contribution in [1.82, 2.24) is 14.8 Å². The molecular weight excluding hydrogens is 332 g/mol. The zero-order chi connectivity index (χ0) is 18.2. The van der Waals surface area contributed by atoms with Gasteiger partial charge in [0.05, 0.1) is 18.8 Å². The second kappa shape index (κ2) is 8.66. The summed E-state index contributed by atoms with van der Waals surface area (Å²) in [6, 6.07) is 14.7. The van der Waals surface area contributed by atoms with E-state index in [1.54, 1.807) is 17.1 Å². The molecule has 0 radical (unpaired) electrons. The van der Waals surface area contributed by atoms with Crippen molar-refractivity contribution in [3.8, 4) is 17.2 Å². The quantitative estimate of drug-likeness (QED) is 0.671. The van der Waals surface area contributed by atoms with Gasteiger partial charge in [-0.1, -0.05) is 12.1 Å². The largest absolute Gasteiger partial charge is 0.494 e. The van der Waals surface area contributed by atoms with Crippen molar-refractivity contribution in [3.63, 3.8) is 0 Å². The van der Waals surface area contributed by atoms with E-state index in [-0.39, 0.29) is 5.91 Å². The summed E-state index contributed by atoms with van der Waals surface area (Å²) in [7, 11) is 0. The predicted molar refractivity (Wildman–Crippen MR) is 97.4 cm³/mol.